The Hall–Kier alpha value is -2.43. The maximum absolute atomic E-state index is 12.8. The quantitative estimate of drug-likeness (QED) is 0.699. The van der Waals surface area contributed by atoms with E-state index in [-0.39, 0.29) is 40.2 Å². The molecule has 0 atom stereocenters. The number of nitrogens with zero attached hydrogens (tertiary/aromatic N) is 2. The molecule has 1 aliphatic heterocycles. The number of piperidine rings is 1. The first kappa shape index (κ1) is 21.3. The van der Waals surface area contributed by atoms with Gasteiger partial charge in [0.15, 0.2) is 5.76 Å². The number of rotatable bonds is 4. The highest BCUT2D eigenvalue weighted by atomic mass is 35.5. The van der Waals surface area contributed by atoms with E-state index in [4.69, 9.17) is 16.1 Å². The zero-order chi connectivity index (χ0) is 21.2. The molecular weight excluding hydrogens is 420 g/mol. The van der Waals surface area contributed by atoms with E-state index in [1.165, 1.54) is 4.31 Å². The topological polar surface area (TPSA) is 122 Å². The van der Waals surface area contributed by atoms with E-state index in [0.717, 1.165) is 0 Å². The van der Waals surface area contributed by atoms with Crippen molar-refractivity contribution < 1.29 is 22.5 Å². The fourth-order valence-corrected chi connectivity index (χ4v) is 5.25. The Morgan fingerprint density at radius 2 is 1.83 bits per heavy atom. The van der Waals surface area contributed by atoms with Crippen LogP contribution < -0.4 is 10.9 Å². The van der Waals surface area contributed by atoms with Gasteiger partial charge in [-0.05, 0) is 38.8 Å². The number of nitrogens with one attached hydrogen (secondary N) is 2. The molecule has 0 aliphatic carbocycles. The van der Waals surface area contributed by atoms with Crippen LogP contribution in [0.2, 0.25) is 5.02 Å². The van der Waals surface area contributed by atoms with Gasteiger partial charge < -0.3 is 4.52 Å². The third kappa shape index (κ3) is 4.44. The second-order valence-electron chi connectivity index (χ2n) is 6.75. The molecule has 0 bridgehead atoms. The highest BCUT2D eigenvalue weighted by Gasteiger charge is 2.35. The second kappa shape index (κ2) is 8.52. The summed E-state index contributed by atoms with van der Waals surface area (Å²) < 4.78 is 31.9. The van der Waals surface area contributed by atoms with Gasteiger partial charge in [-0.3, -0.25) is 20.4 Å². The summed E-state index contributed by atoms with van der Waals surface area (Å²) in [4.78, 5) is 24.6. The van der Waals surface area contributed by atoms with Gasteiger partial charge in [-0.1, -0.05) is 28.9 Å². The predicted molar refractivity (Wildman–Crippen MR) is 105 cm³/mol. The number of hydrogen-bond donors (Lipinski definition) is 2. The number of halogens is 1. The summed E-state index contributed by atoms with van der Waals surface area (Å²) in [6.45, 7) is 3.49. The number of carbonyl (C=O) groups excluding carboxylic acids is 2. The predicted octanol–water partition coefficient (Wildman–Crippen LogP) is 1.81. The van der Waals surface area contributed by atoms with Gasteiger partial charge in [-0.2, -0.15) is 4.31 Å². The maximum Gasteiger partial charge on any atom is 0.271 e. The standard InChI is InChI=1S/C18H21ClN4O5S/c1-11-16(12(2)28-22-11)29(26,27)23-9-7-13(8-10-23)17(24)20-21-18(25)14-5-3-4-6-15(14)19/h3-6,13H,7-10H2,1-2H3,(H,20,24)(H,21,25). The smallest absolute Gasteiger partial charge is 0.271 e. The van der Waals surface area contributed by atoms with Crippen molar-refractivity contribution in [2.24, 2.45) is 5.92 Å². The number of carbonyl (C=O) groups is 2. The van der Waals surface area contributed by atoms with Crippen LogP contribution in [0.3, 0.4) is 0 Å². The molecule has 3 rings (SSSR count). The van der Waals surface area contributed by atoms with Crippen molar-refractivity contribution in [2.45, 2.75) is 31.6 Å². The Balaban J connectivity index is 1.56. The van der Waals surface area contributed by atoms with Crippen LogP contribution in [0.1, 0.15) is 34.7 Å². The lowest BCUT2D eigenvalue weighted by atomic mass is 9.98. The molecule has 1 fully saturated rings. The Kier molecular flexibility index (Phi) is 6.25. The van der Waals surface area contributed by atoms with E-state index in [2.05, 4.69) is 16.0 Å². The molecule has 1 aromatic carbocycles. The van der Waals surface area contributed by atoms with Crippen LogP contribution >= 0.6 is 11.6 Å². The lowest BCUT2D eigenvalue weighted by molar-refractivity contribution is -0.126. The number of amides is 2. The molecule has 11 heteroatoms. The van der Waals surface area contributed by atoms with Gasteiger partial charge in [0, 0.05) is 19.0 Å². The first-order valence-corrected chi connectivity index (χ1v) is 10.8. The largest absolute Gasteiger partial charge is 0.360 e. The fraction of sp³-hybridized carbons (Fsp3) is 0.389. The van der Waals surface area contributed by atoms with Gasteiger partial charge in [0.1, 0.15) is 10.6 Å². The molecule has 2 aromatic rings. The summed E-state index contributed by atoms with van der Waals surface area (Å²) in [5.41, 5.74) is 5.28. The lowest BCUT2D eigenvalue weighted by Gasteiger charge is -2.30. The minimum atomic E-state index is -3.73. The molecular formula is C18H21ClN4O5S. The van der Waals surface area contributed by atoms with Gasteiger partial charge in [-0.25, -0.2) is 8.42 Å². The normalized spacial score (nSPS) is 15.8. The van der Waals surface area contributed by atoms with Crippen LogP contribution in [-0.4, -0.2) is 42.8 Å². The van der Waals surface area contributed by atoms with E-state index < -0.39 is 21.8 Å². The van der Waals surface area contributed by atoms with Crippen molar-refractivity contribution in [2.75, 3.05) is 13.1 Å². The van der Waals surface area contributed by atoms with Crippen molar-refractivity contribution >= 4 is 33.4 Å². The van der Waals surface area contributed by atoms with Crippen molar-refractivity contribution in [3.63, 3.8) is 0 Å². The molecule has 156 valence electrons. The van der Waals surface area contributed by atoms with Crippen molar-refractivity contribution in [1.82, 2.24) is 20.3 Å². The summed E-state index contributed by atoms with van der Waals surface area (Å²) in [5, 5.41) is 3.97. The molecule has 0 unspecified atom stereocenters. The van der Waals surface area contributed by atoms with Gasteiger partial charge in [0.2, 0.25) is 15.9 Å². The molecule has 9 nitrogen and oxygen atoms in total. The summed E-state index contributed by atoms with van der Waals surface area (Å²) in [5.74, 6) is -1.08. The average Bonchev–Trinajstić information content (AvgIpc) is 3.05. The van der Waals surface area contributed by atoms with E-state index in [1.807, 2.05) is 0 Å². The van der Waals surface area contributed by atoms with Crippen LogP contribution in [0.4, 0.5) is 0 Å². The van der Waals surface area contributed by atoms with Crippen LogP contribution in [0.25, 0.3) is 0 Å². The summed E-state index contributed by atoms with van der Waals surface area (Å²) >= 11 is 5.96. The number of benzene rings is 1. The van der Waals surface area contributed by atoms with E-state index in [0.29, 0.717) is 18.5 Å². The highest BCUT2D eigenvalue weighted by Crippen LogP contribution is 2.27. The Morgan fingerprint density at radius 3 is 2.41 bits per heavy atom. The number of aromatic nitrogens is 1. The minimum Gasteiger partial charge on any atom is -0.360 e. The van der Waals surface area contributed by atoms with Crippen molar-refractivity contribution in [3.05, 3.63) is 46.3 Å². The minimum absolute atomic E-state index is 0.0763. The van der Waals surface area contributed by atoms with Gasteiger partial charge in [0.05, 0.1) is 10.6 Å². The summed E-state index contributed by atoms with van der Waals surface area (Å²) in [7, 11) is -3.73. The van der Waals surface area contributed by atoms with Crippen LogP contribution in [0, 0.1) is 19.8 Å². The molecule has 0 spiro atoms. The Bertz CT molecular complexity index is 1010. The molecule has 0 radical (unpaired) electrons. The van der Waals surface area contributed by atoms with E-state index in [1.54, 1.807) is 38.1 Å². The highest BCUT2D eigenvalue weighted by molar-refractivity contribution is 7.89. The fourth-order valence-electron chi connectivity index (χ4n) is 3.26. The van der Waals surface area contributed by atoms with Crippen LogP contribution in [0.5, 0.6) is 0 Å². The van der Waals surface area contributed by atoms with Crippen LogP contribution in [-0.2, 0) is 14.8 Å². The Morgan fingerprint density at radius 1 is 1.17 bits per heavy atom. The first-order chi connectivity index (χ1) is 13.7. The third-order valence-electron chi connectivity index (χ3n) is 4.81. The zero-order valence-electron chi connectivity index (χ0n) is 15.9. The van der Waals surface area contributed by atoms with Crippen molar-refractivity contribution in [1.29, 1.82) is 0 Å². The first-order valence-electron chi connectivity index (χ1n) is 8.99. The SMILES string of the molecule is Cc1noc(C)c1S(=O)(=O)N1CCC(C(=O)NNC(=O)c2ccccc2Cl)CC1. The molecule has 0 saturated carbocycles. The number of hydrogen-bond acceptors (Lipinski definition) is 6. The monoisotopic (exact) mass is 440 g/mol. The summed E-state index contributed by atoms with van der Waals surface area (Å²) in [6.07, 6.45) is 0.660. The van der Waals surface area contributed by atoms with Gasteiger partial charge in [-0.15, -0.1) is 0 Å². The zero-order valence-corrected chi connectivity index (χ0v) is 17.5. The second-order valence-corrected chi connectivity index (χ2v) is 9.04. The van der Waals surface area contributed by atoms with E-state index >= 15 is 0 Å². The van der Waals surface area contributed by atoms with Gasteiger partial charge in [0.25, 0.3) is 5.91 Å². The summed E-state index contributed by atoms with van der Waals surface area (Å²) in [6, 6.07) is 6.48. The lowest BCUT2D eigenvalue weighted by Crippen LogP contribution is -2.48. The molecule has 2 heterocycles. The number of hydrazine groups is 1. The maximum atomic E-state index is 12.8. The molecule has 1 saturated heterocycles. The van der Waals surface area contributed by atoms with Crippen molar-refractivity contribution in [3.8, 4) is 0 Å². The Labute approximate surface area is 173 Å². The molecule has 1 aliphatic rings. The van der Waals surface area contributed by atoms with Gasteiger partial charge >= 0.3 is 0 Å². The number of aryl methyl sites for hydroxylation is 2. The third-order valence-corrected chi connectivity index (χ3v) is 7.28. The molecule has 1 aromatic heterocycles. The molecule has 29 heavy (non-hydrogen) atoms. The number of sulfonamides is 1. The van der Waals surface area contributed by atoms with Crippen LogP contribution in [0.15, 0.2) is 33.7 Å². The molecule has 2 N–H and O–H groups in total. The van der Waals surface area contributed by atoms with E-state index in [9.17, 15) is 18.0 Å². The average molecular weight is 441 g/mol. The molecule has 2 amide bonds.